The molecule has 0 spiro atoms. The van der Waals surface area contributed by atoms with E-state index in [1.807, 2.05) is 25.4 Å². The maximum absolute atomic E-state index is 4.67. The summed E-state index contributed by atoms with van der Waals surface area (Å²) in [7, 11) is 1.91. The standard InChI is InChI=1S/C15H23N5/c1-6-8-16-13-10-12(11-7-9-20(5)19-11)17-14(18-13)15(2,3)4/h7,9-10H,6,8H2,1-5H3,(H,16,17,18). The molecule has 0 amide bonds. The lowest BCUT2D eigenvalue weighted by molar-refractivity contribution is 0.546. The molecule has 2 aromatic heterocycles. The summed E-state index contributed by atoms with van der Waals surface area (Å²) in [5.41, 5.74) is 1.65. The summed E-state index contributed by atoms with van der Waals surface area (Å²) in [5.74, 6) is 1.70. The van der Waals surface area contributed by atoms with Crippen LogP contribution in [0.2, 0.25) is 0 Å². The molecule has 0 aliphatic rings. The van der Waals surface area contributed by atoms with Crippen molar-refractivity contribution in [2.24, 2.45) is 7.05 Å². The highest BCUT2D eigenvalue weighted by Gasteiger charge is 2.20. The number of rotatable bonds is 4. The average molecular weight is 273 g/mol. The van der Waals surface area contributed by atoms with Gasteiger partial charge in [0.05, 0.1) is 5.69 Å². The van der Waals surface area contributed by atoms with Crippen LogP contribution in [0.15, 0.2) is 18.3 Å². The van der Waals surface area contributed by atoms with Crippen LogP contribution < -0.4 is 5.32 Å². The van der Waals surface area contributed by atoms with Gasteiger partial charge in [-0.2, -0.15) is 5.10 Å². The summed E-state index contributed by atoms with van der Waals surface area (Å²) in [6.07, 6.45) is 2.99. The van der Waals surface area contributed by atoms with Crippen LogP contribution in [-0.2, 0) is 12.5 Å². The minimum atomic E-state index is -0.0898. The van der Waals surface area contributed by atoms with Crippen LogP contribution in [-0.4, -0.2) is 26.3 Å². The largest absolute Gasteiger partial charge is 0.370 e. The lowest BCUT2D eigenvalue weighted by atomic mass is 9.95. The Kier molecular flexibility index (Phi) is 4.06. The Morgan fingerprint density at radius 1 is 1.20 bits per heavy atom. The molecule has 5 nitrogen and oxygen atoms in total. The number of anilines is 1. The zero-order valence-electron chi connectivity index (χ0n) is 12.9. The van der Waals surface area contributed by atoms with E-state index in [1.54, 1.807) is 4.68 Å². The molecule has 108 valence electrons. The van der Waals surface area contributed by atoms with Crippen LogP contribution >= 0.6 is 0 Å². The van der Waals surface area contributed by atoms with Crippen LogP contribution in [0.5, 0.6) is 0 Å². The third kappa shape index (κ3) is 3.35. The first-order chi connectivity index (χ1) is 9.40. The molecule has 1 N–H and O–H groups in total. The smallest absolute Gasteiger partial charge is 0.136 e. The molecule has 0 atom stereocenters. The highest BCUT2D eigenvalue weighted by Crippen LogP contribution is 2.24. The quantitative estimate of drug-likeness (QED) is 0.930. The Balaban J connectivity index is 2.45. The molecule has 0 radical (unpaired) electrons. The van der Waals surface area contributed by atoms with Crippen molar-refractivity contribution in [1.82, 2.24) is 19.7 Å². The van der Waals surface area contributed by atoms with Crippen molar-refractivity contribution in [3.05, 3.63) is 24.2 Å². The fourth-order valence-corrected chi connectivity index (χ4v) is 1.81. The first kappa shape index (κ1) is 14.5. The summed E-state index contributed by atoms with van der Waals surface area (Å²) in [5, 5.41) is 7.76. The van der Waals surface area contributed by atoms with E-state index in [1.165, 1.54) is 0 Å². The highest BCUT2D eigenvalue weighted by atomic mass is 15.3. The van der Waals surface area contributed by atoms with Gasteiger partial charge in [-0.3, -0.25) is 4.68 Å². The number of hydrogen-bond donors (Lipinski definition) is 1. The predicted octanol–water partition coefficient (Wildman–Crippen LogP) is 3.00. The predicted molar refractivity (Wildman–Crippen MR) is 81.7 cm³/mol. The molecule has 2 rings (SSSR count). The second-order valence-corrected chi connectivity index (χ2v) is 6.01. The van der Waals surface area contributed by atoms with Crippen LogP contribution in [0.4, 0.5) is 5.82 Å². The van der Waals surface area contributed by atoms with Gasteiger partial charge in [0, 0.05) is 31.3 Å². The van der Waals surface area contributed by atoms with Crippen molar-refractivity contribution in [1.29, 1.82) is 0 Å². The lowest BCUT2D eigenvalue weighted by Crippen LogP contribution is -2.18. The maximum atomic E-state index is 4.67. The Morgan fingerprint density at radius 3 is 2.50 bits per heavy atom. The number of aromatic nitrogens is 4. The molecule has 0 fully saturated rings. The molecule has 2 heterocycles. The fraction of sp³-hybridized carbons (Fsp3) is 0.533. The van der Waals surface area contributed by atoms with Crippen LogP contribution in [0.25, 0.3) is 11.4 Å². The van der Waals surface area contributed by atoms with Crippen molar-refractivity contribution >= 4 is 5.82 Å². The molecular weight excluding hydrogens is 250 g/mol. The van der Waals surface area contributed by atoms with Gasteiger partial charge in [-0.25, -0.2) is 9.97 Å². The van der Waals surface area contributed by atoms with E-state index in [4.69, 9.17) is 0 Å². The van der Waals surface area contributed by atoms with E-state index in [9.17, 15) is 0 Å². The van der Waals surface area contributed by atoms with E-state index in [2.05, 4.69) is 48.1 Å². The molecule has 2 aromatic rings. The molecule has 0 unspecified atom stereocenters. The molecular formula is C15H23N5. The average Bonchev–Trinajstić information content (AvgIpc) is 2.82. The number of nitrogens with one attached hydrogen (secondary N) is 1. The second-order valence-electron chi connectivity index (χ2n) is 6.01. The molecule has 5 heteroatoms. The van der Waals surface area contributed by atoms with Crippen molar-refractivity contribution in [2.75, 3.05) is 11.9 Å². The van der Waals surface area contributed by atoms with E-state index < -0.39 is 0 Å². The summed E-state index contributed by atoms with van der Waals surface area (Å²) < 4.78 is 1.79. The van der Waals surface area contributed by atoms with Gasteiger partial charge in [0.25, 0.3) is 0 Å². The lowest BCUT2D eigenvalue weighted by Gasteiger charge is -2.18. The first-order valence-corrected chi connectivity index (χ1v) is 7.03. The molecule has 0 aromatic carbocycles. The number of nitrogens with zero attached hydrogens (tertiary/aromatic N) is 4. The van der Waals surface area contributed by atoms with Crippen LogP contribution in [0.1, 0.15) is 39.9 Å². The SMILES string of the molecule is CCCNc1cc(-c2ccn(C)n2)nc(C(C)(C)C)n1. The Bertz CT molecular complexity index is 580. The highest BCUT2D eigenvalue weighted by molar-refractivity contribution is 5.58. The minimum Gasteiger partial charge on any atom is -0.370 e. The van der Waals surface area contributed by atoms with Crippen molar-refractivity contribution in [2.45, 2.75) is 39.5 Å². The summed E-state index contributed by atoms with van der Waals surface area (Å²) in [4.78, 5) is 9.29. The second kappa shape index (κ2) is 5.61. The van der Waals surface area contributed by atoms with Crippen molar-refractivity contribution in [3.63, 3.8) is 0 Å². The monoisotopic (exact) mass is 273 g/mol. The van der Waals surface area contributed by atoms with Gasteiger partial charge in [0.1, 0.15) is 17.3 Å². The van der Waals surface area contributed by atoms with Gasteiger partial charge in [0.15, 0.2) is 0 Å². The summed E-state index contributed by atoms with van der Waals surface area (Å²) >= 11 is 0. The van der Waals surface area contributed by atoms with Crippen LogP contribution in [0, 0.1) is 0 Å². The van der Waals surface area contributed by atoms with Crippen molar-refractivity contribution < 1.29 is 0 Å². The van der Waals surface area contributed by atoms with Gasteiger partial charge in [-0.05, 0) is 12.5 Å². The fourth-order valence-electron chi connectivity index (χ4n) is 1.81. The van der Waals surface area contributed by atoms with Gasteiger partial charge >= 0.3 is 0 Å². The maximum Gasteiger partial charge on any atom is 0.136 e. The zero-order valence-corrected chi connectivity index (χ0v) is 12.9. The third-order valence-corrected chi connectivity index (χ3v) is 2.93. The van der Waals surface area contributed by atoms with Gasteiger partial charge in [0.2, 0.25) is 0 Å². The van der Waals surface area contributed by atoms with Gasteiger partial charge in [-0.1, -0.05) is 27.7 Å². The van der Waals surface area contributed by atoms with E-state index in [0.717, 1.165) is 36.0 Å². The Hall–Kier alpha value is -1.91. The zero-order chi connectivity index (χ0) is 14.8. The van der Waals surface area contributed by atoms with Crippen LogP contribution in [0.3, 0.4) is 0 Å². The van der Waals surface area contributed by atoms with E-state index in [-0.39, 0.29) is 5.41 Å². The molecule has 0 aliphatic heterocycles. The van der Waals surface area contributed by atoms with Gasteiger partial charge in [-0.15, -0.1) is 0 Å². The summed E-state index contributed by atoms with van der Waals surface area (Å²) in [6, 6.07) is 3.94. The van der Waals surface area contributed by atoms with E-state index >= 15 is 0 Å². The van der Waals surface area contributed by atoms with Gasteiger partial charge < -0.3 is 5.32 Å². The van der Waals surface area contributed by atoms with Crippen molar-refractivity contribution in [3.8, 4) is 11.4 Å². The molecule has 0 saturated heterocycles. The first-order valence-electron chi connectivity index (χ1n) is 7.03. The minimum absolute atomic E-state index is 0.0898. The number of aryl methyl sites for hydroxylation is 1. The molecule has 20 heavy (non-hydrogen) atoms. The van der Waals surface area contributed by atoms with E-state index in [0.29, 0.717) is 0 Å². The molecule has 0 bridgehead atoms. The Morgan fingerprint density at radius 2 is 1.95 bits per heavy atom. The topological polar surface area (TPSA) is 55.6 Å². The normalized spacial score (nSPS) is 11.7. The third-order valence-electron chi connectivity index (χ3n) is 2.93. The Labute approximate surface area is 120 Å². The summed E-state index contributed by atoms with van der Waals surface area (Å²) in [6.45, 7) is 9.40. The molecule has 0 saturated carbocycles. The number of hydrogen-bond acceptors (Lipinski definition) is 4. The molecule has 0 aliphatic carbocycles.